The number of hydrogen-bond acceptors (Lipinski definition) is 5. The van der Waals surface area contributed by atoms with Crippen molar-refractivity contribution in [3.63, 3.8) is 0 Å². The third kappa shape index (κ3) is 5.22. The van der Waals surface area contributed by atoms with Crippen molar-refractivity contribution in [3.8, 4) is 6.07 Å². The molecule has 7 heteroatoms. The maximum absolute atomic E-state index is 12.2. The van der Waals surface area contributed by atoms with Gasteiger partial charge >= 0.3 is 0 Å². The van der Waals surface area contributed by atoms with E-state index in [1.165, 1.54) is 22.2 Å². The van der Waals surface area contributed by atoms with E-state index in [0.717, 1.165) is 105 Å². The molecule has 0 bridgehead atoms. The Morgan fingerprint density at radius 3 is 2.77 bits per heavy atom. The number of piperazine rings is 1. The van der Waals surface area contributed by atoms with Gasteiger partial charge in [-0.15, -0.1) is 0 Å². The Bertz CT molecular complexity index is 1560. The van der Waals surface area contributed by atoms with Gasteiger partial charge in [-0.3, -0.25) is 14.7 Å². The number of hydrogen-bond donors (Lipinski definition) is 2. The monoisotopic (exact) mass is 520 g/mol. The van der Waals surface area contributed by atoms with Crippen molar-refractivity contribution in [2.24, 2.45) is 0 Å². The quantitative estimate of drug-likeness (QED) is 0.311. The Hall–Kier alpha value is -3.89. The Morgan fingerprint density at radius 1 is 1.10 bits per heavy atom. The van der Waals surface area contributed by atoms with Crippen molar-refractivity contribution < 1.29 is 4.79 Å². The number of anilines is 2. The van der Waals surface area contributed by atoms with Crippen molar-refractivity contribution in [3.05, 3.63) is 65.0 Å². The molecule has 2 N–H and O–H groups in total. The molecule has 3 heterocycles. The normalized spacial score (nSPS) is 15.8. The molecule has 0 saturated carbocycles. The van der Waals surface area contributed by atoms with Gasteiger partial charge in [0, 0.05) is 67.0 Å². The highest BCUT2D eigenvalue weighted by Gasteiger charge is 2.24. The topological polar surface area (TPSA) is 88.1 Å². The molecule has 6 rings (SSSR count). The number of nitrogens with one attached hydrogen (secondary N) is 2. The summed E-state index contributed by atoms with van der Waals surface area (Å²) in [6.07, 6.45) is 9.68. The largest absolute Gasteiger partial charge is 0.368 e. The second-order valence-electron chi connectivity index (χ2n) is 10.9. The molecule has 2 aromatic carbocycles. The van der Waals surface area contributed by atoms with Crippen LogP contribution in [0.25, 0.3) is 21.8 Å². The zero-order valence-corrected chi connectivity index (χ0v) is 22.7. The fraction of sp³-hybridized carbons (Fsp3) is 0.406. The molecule has 0 spiro atoms. The lowest BCUT2D eigenvalue weighted by atomic mass is 9.92. The van der Waals surface area contributed by atoms with Crippen LogP contribution >= 0.6 is 0 Å². The number of nitrogens with zero attached hydrogens (tertiary/aromatic N) is 4. The molecule has 7 nitrogen and oxygen atoms in total. The van der Waals surface area contributed by atoms with Gasteiger partial charge in [0.05, 0.1) is 22.8 Å². The number of carbonyl (C=O) groups is 1. The van der Waals surface area contributed by atoms with Gasteiger partial charge in [-0.1, -0.05) is 6.07 Å². The van der Waals surface area contributed by atoms with E-state index in [1.807, 2.05) is 18.2 Å². The molecule has 2 aliphatic rings. The predicted molar refractivity (Wildman–Crippen MR) is 157 cm³/mol. The minimum atomic E-state index is -0.0203. The third-order valence-corrected chi connectivity index (χ3v) is 8.35. The molecule has 4 aromatic rings. The van der Waals surface area contributed by atoms with E-state index in [0.29, 0.717) is 5.56 Å². The molecule has 200 valence electrons. The number of pyridine rings is 1. The van der Waals surface area contributed by atoms with Gasteiger partial charge in [0.15, 0.2) is 0 Å². The Labute approximate surface area is 229 Å². The Balaban J connectivity index is 1.10. The average Bonchev–Trinajstić information content (AvgIpc) is 3.37. The summed E-state index contributed by atoms with van der Waals surface area (Å²) in [7, 11) is 0. The van der Waals surface area contributed by atoms with Crippen molar-refractivity contribution in [1.29, 1.82) is 5.26 Å². The van der Waals surface area contributed by atoms with Gasteiger partial charge in [0.25, 0.3) is 0 Å². The van der Waals surface area contributed by atoms with Gasteiger partial charge < -0.3 is 15.2 Å². The first kappa shape index (κ1) is 25.4. The van der Waals surface area contributed by atoms with Crippen molar-refractivity contribution in [1.82, 2.24) is 14.9 Å². The first-order chi connectivity index (χ1) is 19.1. The third-order valence-electron chi connectivity index (χ3n) is 8.35. The fourth-order valence-corrected chi connectivity index (χ4v) is 6.35. The van der Waals surface area contributed by atoms with E-state index in [9.17, 15) is 10.1 Å². The molecule has 1 saturated heterocycles. The van der Waals surface area contributed by atoms with Crippen LogP contribution < -0.4 is 10.2 Å². The summed E-state index contributed by atoms with van der Waals surface area (Å²) in [5, 5.41) is 14.7. The maximum atomic E-state index is 12.2. The Kier molecular flexibility index (Phi) is 7.21. The summed E-state index contributed by atoms with van der Waals surface area (Å²) in [6, 6.07) is 14.5. The van der Waals surface area contributed by atoms with Crippen LogP contribution in [0.5, 0.6) is 0 Å². The summed E-state index contributed by atoms with van der Waals surface area (Å²) in [6.45, 7) is 6.70. The van der Waals surface area contributed by atoms with E-state index in [2.05, 4.69) is 50.6 Å². The van der Waals surface area contributed by atoms with Gasteiger partial charge in [0.2, 0.25) is 5.91 Å². The molecule has 0 radical (unpaired) electrons. The smallest absolute Gasteiger partial charge is 0.221 e. The number of H-pyrrole nitrogens is 1. The van der Waals surface area contributed by atoms with E-state index in [-0.39, 0.29) is 5.91 Å². The second-order valence-corrected chi connectivity index (χ2v) is 10.9. The first-order valence-electron chi connectivity index (χ1n) is 14.3. The van der Waals surface area contributed by atoms with Crippen LogP contribution in [0.15, 0.2) is 42.6 Å². The highest BCUT2D eigenvalue weighted by molar-refractivity contribution is 6.08. The SMILES string of the molecule is CC(=O)Nc1c2c(nc3cccc(N4CCN(CCCCc5c[nH]c6ccc(C#N)cc56)CC4)c13)CCCC2. The van der Waals surface area contributed by atoms with Crippen LogP contribution in [0.1, 0.15) is 55.0 Å². The van der Waals surface area contributed by atoms with Gasteiger partial charge in [-0.05, 0) is 92.9 Å². The molecule has 2 aromatic heterocycles. The summed E-state index contributed by atoms with van der Waals surface area (Å²) < 4.78 is 0. The maximum Gasteiger partial charge on any atom is 0.221 e. The van der Waals surface area contributed by atoms with E-state index >= 15 is 0 Å². The number of rotatable bonds is 7. The number of benzene rings is 2. The minimum Gasteiger partial charge on any atom is -0.368 e. The summed E-state index contributed by atoms with van der Waals surface area (Å²) >= 11 is 0. The number of amides is 1. The van der Waals surface area contributed by atoms with Crippen molar-refractivity contribution >= 4 is 39.1 Å². The number of fused-ring (bicyclic) bond motifs is 3. The van der Waals surface area contributed by atoms with E-state index in [1.54, 1.807) is 6.92 Å². The predicted octanol–water partition coefficient (Wildman–Crippen LogP) is 5.57. The molecule has 0 unspecified atom stereocenters. The lowest BCUT2D eigenvalue weighted by Gasteiger charge is -2.37. The van der Waals surface area contributed by atoms with E-state index < -0.39 is 0 Å². The van der Waals surface area contributed by atoms with E-state index in [4.69, 9.17) is 4.98 Å². The molecule has 1 aliphatic heterocycles. The number of aromatic nitrogens is 2. The molecule has 1 amide bonds. The molecule has 1 fully saturated rings. The second kappa shape index (κ2) is 11.1. The zero-order chi connectivity index (χ0) is 26.8. The average molecular weight is 521 g/mol. The van der Waals surface area contributed by atoms with Crippen LogP contribution in [0.2, 0.25) is 0 Å². The number of nitriles is 1. The molecule has 1 aliphatic carbocycles. The van der Waals surface area contributed by atoms with Gasteiger partial charge in [0.1, 0.15) is 0 Å². The summed E-state index contributed by atoms with van der Waals surface area (Å²) in [5.74, 6) is -0.0203. The summed E-state index contributed by atoms with van der Waals surface area (Å²) in [4.78, 5) is 25.6. The van der Waals surface area contributed by atoms with Crippen LogP contribution in [0.4, 0.5) is 11.4 Å². The number of aryl methyl sites for hydroxylation is 2. The number of unbranched alkanes of at least 4 members (excludes halogenated alkanes) is 1. The molecular formula is C32H36N6O. The minimum absolute atomic E-state index is 0.0203. The van der Waals surface area contributed by atoms with Crippen LogP contribution in [0, 0.1) is 11.3 Å². The number of aromatic amines is 1. The van der Waals surface area contributed by atoms with Crippen molar-refractivity contribution in [2.75, 3.05) is 42.9 Å². The highest BCUT2D eigenvalue weighted by atomic mass is 16.1. The zero-order valence-electron chi connectivity index (χ0n) is 22.7. The first-order valence-corrected chi connectivity index (χ1v) is 14.3. The van der Waals surface area contributed by atoms with Crippen LogP contribution in [-0.2, 0) is 24.1 Å². The summed E-state index contributed by atoms with van der Waals surface area (Å²) in [5.41, 5.74) is 8.66. The van der Waals surface area contributed by atoms with Crippen LogP contribution in [-0.4, -0.2) is 53.5 Å². The van der Waals surface area contributed by atoms with Gasteiger partial charge in [-0.25, -0.2) is 0 Å². The van der Waals surface area contributed by atoms with Crippen molar-refractivity contribution in [2.45, 2.75) is 51.9 Å². The Morgan fingerprint density at radius 2 is 1.95 bits per heavy atom. The molecular weight excluding hydrogens is 484 g/mol. The molecule has 39 heavy (non-hydrogen) atoms. The standard InChI is InChI=1S/C32H36N6O/c1-22(39)35-32-25-8-2-3-9-28(25)36-29-10-6-11-30(31(29)32)38-17-15-37(16-18-38)14-5-4-7-24-21-34-27-13-12-23(20-33)19-26(24)27/h6,10-13,19,21,34H,2-5,7-9,14-18H2,1H3,(H,35,36,39). The highest BCUT2D eigenvalue weighted by Crippen LogP contribution is 2.39. The van der Waals surface area contributed by atoms with Crippen LogP contribution in [0.3, 0.4) is 0 Å². The number of carbonyl (C=O) groups excluding carboxylic acids is 1. The molecule has 0 atom stereocenters. The lowest BCUT2D eigenvalue weighted by molar-refractivity contribution is -0.114. The fourth-order valence-electron chi connectivity index (χ4n) is 6.35. The lowest BCUT2D eigenvalue weighted by Crippen LogP contribution is -2.46. The van der Waals surface area contributed by atoms with Gasteiger partial charge in [-0.2, -0.15) is 5.26 Å².